The van der Waals surface area contributed by atoms with Gasteiger partial charge >= 0.3 is 0 Å². The molecule has 0 spiro atoms. The zero-order valence-corrected chi connectivity index (χ0v) is 11.3. The summed E-state index contributed by atoms with van der Waals surface area (Å²) in [5, 5.41) is 3.02. The summed E-state index contributed by atoms with van der Waals surface area (Å²) in [4.78, 5) is 4.28. The van der Waals surface area contributed by atoms with Crippen LogP contribution in [0.25, 0.3) is 0 Å². The number of thiazole rings is 1. The van der Waals surface area contributed by atoms with Crippen molar-refractivity contribution in [1.29, 1.82) is 0 Å². The Balaban J connectivity index is 2.26. The third-order valence-electron chi connectivity index (χ3n) is 2.83. The highest BCUT2D eigenvalue weighted by Crippen LogP contribution is 2.28. The summed E-state index contributed by atoms with van der Waals surface area (Å²) in [6.45, 7) is 2.04. The lowest BCUT2D eigenvalue weighted by molar-refractivity contribution is 0.398. The molecule has 1 aromatic carbocycles. The van der Waals surface area contributed by atoms with E-state index in [2.05, 4.69) is 16.5 Å². The van der Waals surface area contributed by atoms with E-state index in [1.807, 2.05) is 24.4 Å². The van der Waals surface area contributed by atoms with Crippen molar-refractivity contribution >= 4 is 11.3 Å². The summed E-state index contributed by atoms with van der Waals surface area (Å²) >= 11 is 1.63. The van der Waals surface area contributed by atoms with Crippen molar-refractivity contribution in [3.63, 3.8) is 0 Å². The molecular formula is C13H17N3OS. The van der Waals surface area contributed by atoms with Gasteiger partial charge in [-0.15, -0.1) is 11.3 Å². The van der Waals surface area contributed by atoms with Gasteiger partial charge in [0.15, 0.2) is 0 Å². The fraction of sp³-hybridized carbons (Fsp3) is 0.308. The van der Waals surface area contributed by atoms with Gasteiger partial charge in [-0.25, -0.2) is 4.98 Å². The largest absolute Gasteiger partial charge is 0.496 e. The number of aryl methyl sites for hydroxylation is 1. The Bertz CT molecular complexity index is 499. The third-order valence-corrected chi connectivity index (χ3v) is 3.63. The lowest BCUT2D eigenvalue weighted by atomic mass is 10.0. The maximum absolute atomic E-state index is 5.65. The number of nitrogens with two attached hydrogens (primary N) is 1. The lowest BCUT2D eigenvalue weighted by Gasteiger charge is -2.18. The van der Waals surface area contributed by atoms with Crippen LogP contribution in [0, 0.1) is 6.92 Å². The number of benzene rings is 1. The minimum Gasteiger partial charge on any atom is -0.496 e. The van der Waals surface area contributed by atoms with Crippen molar-refractivity contribution in [3.05, 3.63) is 45.9 Å². The van der Waals surface area contributed by atoms with Crippen molar-refractivity contribution < 1.29 is 4.74 Å². The van der Waals surface area contributed by atoms with E-state index in [0.29, 0.717) is 0 Å². The highest BCUT2D eigenvalue weighted by Gasteiger charge is 2.16. The zero-order valence-electron chi connectivity index (χ0n) is 10.5. The Morgan fingerprint density at radius 2 is 2.33 bits per heavy atom. The first-order chi connectivity index (χ1) is 8.74. The molecule has 2 rings (SSSR count). The van der Waals surface area contributed by atoms with E-state index in [4.69, 9.17) is 10.6 Å². The molecule has 1 atom stereocenters. The number of nitrogens with zero attached hydrogens (tertiary/aromatic N) is 1. The van der Waals surface area contributed by atoms with Crippen LogP contribution in [0.5, 0.6) is 5.75 Å². The van der Waals surface area contributed by atoms with E-state index in [9.17, 15) is 0 Å². The van der Waals surface area contributed by atoms with Crippen molar-refractivity contribution in [2.75, 3.05) is 7.11 Å². The molecule has 96 valence electrons. The Morgan fingerprint density at radius 3 is 2.94 bits per heavy atom. The van der Waals surface area contributed by atoms with Crippen LogP contribution >= 0.6 is 11.3 Å². The van der Waals surface area contributed by atoms with Crippen LogP contribution in [0.3, 0.4) is 0 Å². The molecule has 0 radical (unpaired) electrons. The van der Waals surface area contributed by atoms with E-state index < -0.39 is 0 Å². The summed E-state index contributed by atoms with van der Waals surface area (Å²) in [6.07, 6.45) is 2.56. The van der Waals surface area contributed by atoms with Crippen LogP contribution in [0.2, 0.25) is 0 Å². The Labute approximate surface area is 111 Å². The molecule has 1 aromatic heterocycles. The maximum Gasteiger partial charge on any atom is 0.123 e. The van der Waals surface area contributed by atoms with E-state index >= 15 is 0 Å². The monoisotopic (exact) mass is 263 g/mol. The van der Waals surface area contributed by atoms with E-state index in [-0.39, 0.29) is 6.04 Å². The van der Waals surface area contributed by atoms with Crippen LogP contribution in [0.15, 0.2) is 29.8 Å². The second kappa shape index (κ2) is 5.95. The minimum absolute atomic E-state index is 0.00620. The molecular weight excluding hydrogens is 246 g/mol. The Morgan fingerprint density at radius 1 is 1.50 bits per heavy atom. The number of nitrogens with one attached hydrogen (secondary N) is 1. The van der Waals surface area contributed by atoms with Crippen LogP contribution in [0.1, 0.15) is 22.2 Å². The number of rotatable bonds is 5. The topological polar surface area (TPSA) is 60.2 Å². The van der Waals surface area contributed by atoms with E-state index in [0.717, 1.165) is 22.7 Å². The van der Waals surface area contributed by atoms with Gasteiger partial charge in [0.2, 0.25) is 0 Å². The molecule has 0 aliphatic carbocycles. The lowest BCUT2D eigenvalue weighted by Crippen LogP contribution is -2.29. The van der Waals surface area contributed by atoms with Gasteiger partial charge in [0.1, 0.15) is 5.75 Å². The number of hydrogen-bond acceptors (Lipinski definition) is 5. The quantitative estimate of drug-likeness (QED) is 0.641. The molecule has 0 fully saturated rings. The third kappa shape index (κ3) is 2.87. The molecule has 5 heteroatoms. The summed E-state index contributed by atoms with van der Waals surface area (Å²) < 4.78 is 5.42. The van der Waals surface area contributed by atoms with Gasteiger partial charge in [-0.05, 0) is 18.6 Å². The Kier molecular flexibility index (Phi) is 4.30. The molecule has 0 saturated carbocycles. The molecule has 18 heavy (non-hydrogen) atoms. The summed E-state index contributed by atoms with van der Waals surface area (Å²) in [7, 11) is 1.68. The first-order valence-corrected chi connectivity index (χ1v) is 6.61. The standard InChI is InChI=1S/C13H17N3OS/c1-9-3-4-10(12(7-9)17-2)11(16-14)8-13-15-5-6-18-13/h3-7,11,16H,8,14H2,1-2H3. The fourth-order valence-electron chi connectivity index (χ4n) is 1.89. The second-order valence-corrected chi connectivity index (χ2v) is 5.07. The number of aromatic nitrogens is 1. The maximum atomic E-state index is 5.65. The van der Waals surface area contributed by atoms with Crippen LogP contribution in [0.4, 0.5) is 0 Å². The highest BCUT2D eigenvalue weighted by molar-refractivity contribution is 7.09. The second-order valence-electron chi connectivity index (χ2n) is 4.09. The van der Waals surface area contributed by atoms with Gasteiger partial charge < -0.3 is 4.74 Å². The van der Waals surface area contributed by atoms with E-state index in [1.54, 1.807) is 24.6 Å². The summed E-state index contributed by atoms with van der Waals surface area (Å²) in [6, 6.07) is 6.13. The molecule has 0 saturated heterocycles. The number of methoxy groups -OCH3 is 1. The van der Waals surface area contributed by atoms with Crippen molar-refractivity contribution in [1.82, 2.24) is 10.4 Å². The van der Waals surface area contributed by atoms with Crippen molar-refractivity contribution in [2.24, 2.45) is 5.84 Å². The Hall–Kier alpha value is -1.43. The molecule has 0 aliphatic heterocycles. The molecule has 0 amide bonds. The SMILES string of the molecule is COc1cc(C)ccc1C(Cc1nccs1)NN. The smallest absolute Gasteiger partial charge is 0.123 e. The van der Waals surface area contributed by atoms with Gasteiger partial charge in [-0.2, -0.15) is 0 Å². The predicted molar refractivity (Wildman–Crippen MR) is 73.6 cm³/mol. The summed E-state index contributed by atoms with van der Waals surface area (Å²) in [5.74, 6) is 6.51. The fourth-order valence-corrected chi connectivity index (χ4v) is 2.56. The average molecular weight is 263 g/mol. The van der Waals surface area contributed by atoms with Gasteiger partial charge in [0, 0.05) is 23.6 Å². The van der Waals surface area contributed by atoms with Crippen molar-refractivity contribution in [2.45, 2.75) is 19.4 Å². The normalized spacial score (nSPS) is 12.4. The molecule has 3 N–H and O–H groups in total. The molecule has 0 bridgehead atoms. The summed E-state index contributed by atoms with van der Waals surface area (Å²) in [5.41, 5.74) is 5.06. The minimum atomic E-state index is 0.00620. The molecule has 1 heterocycles. The highest BCUT2D eigenvalue weighted by atomic mass is 32.1. The first kappa shape index (κ1) is 13.0. The van der Waals surface area contributed by atoms with Crippen LogP contribution < -0.4 is 16.0 Å². The van der Waals surface area contributed by atoms with Crippen LogP contribution in [-0.2, 0) is 6.42 Å². The molecule has 2 aromatic rings. The van der Waals surface area contributed by atoms with Gasteiger partial charge in [0.05, 0.1) is 18.2 Å². The molecule has 0 aliphatic rings. The van der Waals surface area contributed by atoms with E-state index in [1.165, 1.54) is 5.56 Å². The zero-order chi connectivity index (χ0) is 13.0. The molecule has 1 unspecified atom stereocenters. The van der Waals surface area contributed by atoms with Gasteiger partial charge in [-0.1, -0.05) is 12.1 Å². The van der Waals surface area contributed by atoms with Gasteiger partial charge in [-0.3, -0.25) is 11.3 Å². The average Bonchev–Trinajstić information content (AvgIpc) is 2.89. The number of hydrazine groups is 1. The molecule has 4 nitrogen and oxygen atoms in total. The van der Waals surface area contributed by atoms with Crippen LogP contribution in [-0.4, -0.2) is 12.1 Å². The number of hydrogen-bond donors (Lipinski definition) is 2. The van der Waals surface area contributed by atoms with Gasteiger partial charge in [0.25, 0.3) is 0 Å². The predicted octanol–water partition coefficient (Wildman–Crippen LogP) is 2.21. The van der Waals surface area contributed by atoms with Crippen molar-refractivity contribution in [3.8, 4) is 5.75 Å². The first-order valence-electron chi connectivity index (χ1n) is 5.73. The number of ether oxygens (including phenoxy) is 1.